The van der Waals surface area contributed by atoms with Crippen LogP contribution >= 0.6 is 0 Å². The summed E-state index contributed by atoms with van der Waals surface area (Å²) in [5.41, 5.74) is -0.00437. The van der Waals surface area contributed by atoms with Gasteiger partial charge in [0.2, 0.25) is 0 Å². The zero-order chi connectivity index (χ0) is 8.32. The van der Waals surface area contributed by atoms with E-state index in [0.717, 1.165) is 19.8 Å². The highest BCUT2D eigenvalue weighted by Gasteiger charge is 2.22. The molecular weight excluding hydrogens is 142 g/mol. The Kier molecular flexibility index (Phi) is 2.87. The van der Waals surface area contributed by atoms with E-state index in [9.17, 15) is 0 Å². The van der Waals surface area contributed by atoms with E-state index in [2.05, 4.69) is 5.32 Å². The Labute approximate surface area is 67.7 Å². The van der Waals surface area contributed by atoms with Crippen LogP contribution in [0.25, 0.3) is 0 Å². The predicted octanol–water partition coefficient (Wildman–Crippen LogP) is -0.00670. The first kappa shape index (κ1) is 8.97. The molecule has 3 heteroatoms. The van der Waals surface area contributed by atoms with Crippen molar-refractivity contribution in [2.45, 2.75) is 19.9 Å². The molecule has 0 saturated carbocycles. The molecule has 1 heterocycles. The van der Waals surface area contributed by atoms with Gasteiger partial charge in [0.15, 0.2) is 0 Å². The maximum atomic E-state index is 8.93. The summed E-state index contributed by atoms with van der Waals surface area (Å²) in [6.07, 6.45) is 0. The van der Waals surface area contributed by atoms with Gasteiger partial charge in [0.05, 0.1) is 19.3 Å². The third-order valence-corrected chi connectivity index (χ3v) is 1.94. The summed E-state index contributed by atoms with van der Waals surface area (Å²) in [5.74, 6) is 0. The molecule has 1 aliphatic heterocycles. The number of hydrogen-bond acceptors (Lipinski definition) is 3. The lowest BCUT2D eigenvalue weighted by molar-refractivity contribution is -0.0107. The Bertz CT molecular complexity index is 121. The van der Waals surface area contributed by atoms with Gasteiger partial charge in [-0.2, -0.15) is 0 Å². The smallest absolute Gasteiger partial charge is 0.0643 e. The second-order valence-corrected chi connectivity index (χ2v) is 3.94. The molecule has 0 aliphatic carbocycles. The van der Waals surface area contributed by atoms with E-state index in [1.165, 1.54) is 0 Å². The molecular formula is C8H17NO2. The van der Waals surface area contributed by atoms with E-state index in [0.29, 0.717) is 6.04 Å². The average molecular weight is 159 g/mol. The van der Waals surface area contributed by atoms with E-state index in [1.807, 2.05) is 13.8 Å². The lowest BCUT2D eigenvalue weighted by Crippen LogP contribution is -2.49. The Morgan fingerprint density at radius 3 is 2.55 bits per heavy atom. The van der Waals surface area contributed by atoms with Crippen LogP contribution in [0.3, 0.4) is 0 Å². The summed E-state index contributed by atoms with van der Waals surface area (Å²) in [6, 6.07) is 0.515. The highest BCUT2D eigenvalue weighted by molar-refractivity contribution is 4.78. The zero-order valence-corrected chi connectivity index (χ0v) is 7.26. The zero-order valence-electron chi connectivity index (χ0n) is 7.26. The van der Waals surface area contributed by atoms with Gasteiger partial charge in [-0.05, 0) is 0 Å². The summed E-state index contributed by atoms with van der Waals surface area (Å²) in [5, 5.41) is 12.3. The topological polar surface area (TPSA) is 41.5 Å². The monoisotopic (exact) mass is 159 g/mol. The van der Waals surface area contributed by atoms with Gasteiger partial charge < -0.3 is 15.2 Å². The largest absolute Gasteiger partial charge is 0.396 e. The highest BCUT2D eigenvalue weighted by Crippen LogP contribution is 2.12. The van der Waals surface area contributed by atoms with Crippen molar-refractivity contribution in [1.29, 1.82) is 0 Å². The van der Waals surface area contributed by atoms with Crippen molar-refractivity contribution < 1.29 is 9.84 Å². The van der Waals surface area contributed by atoms with Crippen LogP contribution in [0.1, 0.15) is 13.8 Å². The van der Waals surface area contributed by atoms with E-state index >= 15 is 0 Å². The number of aliphatic hydroxyl groups is 1. The minimum atomic E-state index is -0.00437. The van der Waals surface area contributed by atoms with Crippen molar-refractivity contribution >= 4 is 0 Å². The number of ether oxygens (including phenoxy) is 1. The molecule has 0 atom stereocenters. The van der Waals surface area contributed by atoms with E-state index < -0.39 is 0 Å². The Morgan fingerprint density at radius 1 is 1.55 bits per heavy atom. The molecule has 1 saturated heterocycles. The third kappa shape index (κ3) is 2.77. The van der Waals surface area contributed by atoms with E-state index in [-0.39, 0.29) is 12.0 Å². The molecule has 0 radical (unpaired) electrons. The van der Waals surface area contributed by atoms with Crippen molar-refractivity contribution in [2.24, 2.45) is 5.41 Å². The fraction of sp³-hybridized carbons (Fsp3) is 1.00. The molecule has 66 valence electrons. The first-order valence-corrected chi connectivity index (χ1v) is 4.06. The molecule has 0 spiro atoms. The summed E-state index contributed by atoms with van der Waals surface area (Å²) in [4.78, 5) is 0. The second-order valence-electron chi connectivity index (χ2n) is 3.94. The van der Waals surface area contributed by atoms with Crippen LogP contribution in [0.15, 0.2) is 0 Å². The van der Waals surface area contributed by atoms with Gasteiger partial charge >= 0.3 is 0 Å². The molecule has 11 heavy (non-hydrogen) atoms. The lowest BCUT2D eigenvalue weighted by Gasteiger charge is -2.31. The summed E-state index contributed by atoms with van der Waals surface area (Å²) in [7, 11) is 0. The predicted molar refractivity (Wildman–Crippen MR) is 43.5 cm³/mol. The third-order valence-electron chi connectivity index (χ3n) is 1.94. The van der Waals surface area contributed by atoms with Crippen molar-refractivity contribution in [3.63, 3.8) is 0 Å². The molecule has 0 bridgehead atoms. The number of rotatable bonds is 4. The lowest BCUT2D eigenvalue weighted by atomic mass is 9.94. The van der Waals surface area contributed by atoms with Crippen molar-refractivity contribution in [3.8, 4) is 0 Å². The van der Waals surface area contributed by atoms with Gasteiger partial charge in [-0.3, -0.25) is 0 Å². The first-order chi connectivity index (χ1) is 5.14. The number of hydrogen-bond donors (Lipinski definition) is 2. The van der Waals surface area contributed by atoms with Gasteiger partial charge in [0.1, 0.15) is 0 Å². The second kappa shape index (κ2) is 3.52. The molecule has 0 amide bonds. The van der Waals surface area contributed by atoms with Gasteiger partial charge in [-0.15, -0.1) is 0 Å². The molecule has 1 rings (SSSR count). The quantitative estimate of drug-likeness (QED) is 0.606. The van der Waals surface area contributed by atoms with E-state index in [1.54, 1.807) is 0 Å². The SMILES string of the molecule is CC(C)(CO)CNC1COC1. The van der Waals surface area contributed by atoms with Crippen LogP contribution in [0.2, 0.25) is 0 Å². The number of aliphatic hydroxyl groups excluding tert-OH is 1. The average Bonchev–Trinajstić information content (AvgIpc) is 1.84. The molecule has 0 unspecified atom stereocenters. The summed E-state index contributed by atoms with van der Waals surface area (Å²) >= 11 is 0. The normalized spacial score (nSPS) is 19.9. The van der Waals surface area contributed by atoms with Crippen LogP contribution in [0, 0.1) is 5.41 Å². The number of nitrogens with one attached hydrogen (secondary N) is 1. The van der Waals surface area contributed by atoms with E-state index in [4.69, 9.17) is 9.84 Å². The molecule has 1 fully saturated rings. The van der Waals surface area contributed by atoms with Crippen LogP contribution in [0.4, 0.5) is 0 Å². The van der Waals surface area contributed by atoms with Crippen LogP contribution in [-0.2, 0) is 4.74 Å². The van der Waals surface area contributed by atoms with Crippen LogP contribution < -0.4 is 5.32 Å². The maximum Gasteiger partial charge on any atom is 0.0643 e. The van der Waals surface area contributed by atoms with Crippen molar-refractivity contribution in [2.75, 3.05) is 26.4 Å². The molecule has 2 N–H and O–H groups in total. The molecule has 0 aromatic heterocycles. The van der Waals surface area contributed by atoms with Crippen LogP contribution in [0.5, 0.6) is 0 Å². The Hall–Kier alpha value is -0.120. The molecule has 0 aromatic carbocycles. The van der Waals surface area contributed by atoms with Crippen LogP contribution in [-0.4, -0.2) is 37.5 Å². The van der Waals surface area contributed by atoms with Crippen molar-refractivity contribution in [3.05, 3.63) is 0 Å². The first-order valence-electron chi connectivity index (χ1n) is 4.06. The molecule has 3 nitrogen and oxygen atoms in total. The molecule has 0 aromatic rings. The fourth-order valence-corrected chi connectivity index (χ4v) is 0.830. The Morgan fingerprint density at radius 2 is 2.18 bits per heavy atom. The van der Waals surface area contributed by atoms with Gasteiger partial charge in [0, 0.05) is 18.6 Å². The minimum Gasteiger partial charge on any atom is -0.396 e. The standard InChI is InChI=1S/C8H17NO2/c1-8(2,6-10)5-9-7-3-11-4-7/h7,9-10H,3-6H2,1-2H3. The van der Waals surface area contributed by atoms with Gasteiger partial charge in [-0.1, -0.05) is 13.8 Å². The minimum absolute atomic E-state index is 0.00437. The fourth-order valence-electron chi connectivity index (χ4n) is 0.830. The highest BCUT2D eigenvalue weighted by atomic mass is 16.5. The van der Waals surface area contributed by atoms with Crippen molar-refractivity contribution in [1.82, 2.24) is 5.32 Å². The van der Waals surface area contributed by atoms with Gasteiger partial charge in [0.25, 0.3) is 0 Å². The summed E-state index contributed by atoms with van der Waals surface area (Å²) in [6.45, 7) is 6.81. The Balaban J connectivity index is 2.09. The maximum absolute atomic E-state index is 8.93. The molecule has 1 aliphatic rings. The summed E-state index contributed by atoms with van der Waals surface area (Å²) < 4.78 is 5.01. The van der Waals surface area contributed by atoms with Gasteiger partial charge in [-0.25, -0.2) is 0 Å².